The van der Waals surface area contributed by atoms with Crippen molar-refractivity contribution in [3.05, 3.63) is 0 Å². The average molecular weight is 213 g/mol. The third kappa shape index (κ3) is 4.65. The van der Waals surface area contributed by atoms with E-state index in [4.69, 9.17) is 5.11 Å². The molecule has 1 saturated carbocycles. The van der Waals surface area contributed by atoms with Gasteiger partial charge < -0.3 is 10.4 Å². The number of hydrogen-bond acceptors (Lipinski definition) is 2. The summed E-state index contributed by atoms with van der Waals surface area (Å²) in [6.45, 7) is 3.81. The first-order valence-corrected chi connectivity index (χ1v) is 6.07. The van der Waals surface area contributed by atoms with Crippen LogP contribution in [0.2, 0.25) is 0 Å². The van der Waals surface area contributed by atoms with Crippen LogP contribution in [0.25, 0.3) is 0 Å². The molecule has 0 aliphatic heterocycles. The topological polar surface area (TPSA) is 49.3 Å². The number of hydrogen-bond donors (Lipinski definition) is 2. The third-order valence-electron chi connectivity index (χ3n) is 3.28. The Bertz CT molecular complexity index is 198. The summed E-state index contributed by atoms with van der Waals surface area (Å²) in [6.07, 6.45) is 5.72. The van der Waals surface area contributed by atoms with E-state index < -0.39 is 0 Å². The SMILES string of the molecule is CC(O)CCC(=O)N[C@H](C)C1CCCC1. The van der Waals surface area contributed by atoms with E-state index in [-0.39, 0.29) is 12.0 Å². The average Bonchev–Trinajstić information content (AvgIpc) is 2.67. The standard InChI is InChI=1S/C12H23NO2/c1-9(14)7-8-12(15)13-10(2)11-5-3-4-6-11/h9-11,14H,3-8H2,1-2H3,(H,13,15)/t9?,10-/m1/s1. The summed E-state index contributed by atoms with van der Waals surface area (Å²) >= 11 is 0. The second-order valence-corrected chi connectivity index (χ2v) is 4.79. The van der Waals surface area contributed by atoms with Crippen LogP contribution >= 0.6 is 0 Å². The van der Waals surface area contributed by atoms with Crippen molar-refractivity contribution < 1.29 is 9.90 Å². The van der Waals surface area contributed by atoms with Gasteiger partial charge in [0.15, 0.2) is 0 Å². The molecule has 1 amide bonds. The van der Waals surface area contributed by atoms with Crippen LogP contribution in [0.1, 0.15) is 52.4 Å². The number of carbonyl (C=O) groups is 1. The highest BCUT2D eigenvalue weighted by Gasteiger charge is 2.22. The predicted molar refractivity (Wildman–Crippen MR) is 60.5 cm³/mol. The Kier molecular flexibility index (Phi) is 5.09. The summed E-state index contributed by atoms with van der Waals surface area (Å²) in [4.78, 5) is 11.5. The fourth-order valence-electron chi connectivity index (χ4n) is 2.24. The van der Waals surface area contributed by atoms with E-state index in [1.807, 2.05) is 0 Å². The minimum atomic E-state index is -0.377. The lowest BCUT2D eigenvalue weighted by Gasteiger charge is -2.20. The Labute approximate surface area is 92.3 Å². The van der Waals surface area contributed by atoms with Gasteiger partial charge in [-0.1, -0.05) is 12.8 Å². The zero-order valence-corrected chi connectivity index (χ0v) is 9.83. The van der Waals surface area contributed by atoms with E-state index in [0.717, 1.165) is 0 Å². The van der Waals surface area contributed by atoms with Crippen LogP contribution in [0.15, 0.2) is 0 Å². The van der Waals surface area contributed by atoms with Crippen molar-refractivity contribution in [2.75, 3.05) is 0 Å². The van der Waals surface area contributed by atoms with Crippen molar-refractivity contribution in [3.8, 4) is 0 Å². The van der Waals surface area contributed by atoms with Gasteiger partial charge in [-0.25, -0.2) is 0 Å². The molecule has 15 heavy (non-hydrogen) atoms. The molecule has 3 nitrogen and oxygen atoms in total. The number of amides is 1. The second kappa shape index (κ2) is 6.11. The number of aliphatic hydroxyl groups is 1. The van der Waals surface area contributed by atoms with E-state index in [9.17, 15) is 4.79 Å². The predicted octanol–water partition coefficient (Wildman–Crippen LogP) is 1.84. The van der Waals surface area contributed by atoms with Gasteiger partial charge in [-0.2, -0.15) is 0 Å². The first-order valence-electron chi connectivity index (χ1n) is 6.07. The normalized spacial score (nSPS) is 21.3. The molecule has 0 radical (unpaired) electrons. The zero-order valence-electron chi connectivity index (χ0n) is 9.83. The maximum atomic E-state index is 11.5. The summed E-state index contributed by atoms with van der Waals surface area (Å²) in [5, 5.41) is 12.1. The minimum absolute atomic E-state index is 0.0790. The lowest BCUT2D eigenvalue weighted by atomic mass is 9.99. The number of carbonyl (C=O) groups excluding carboxylic acids is 1. The van der Waals surface area contributed by atoms with E-state index in [2.05, 4.69) is 12.2 Å². The molecule has 0 aromatic carbocycles. The summed E-state index contributed by atoms with van der Waals surface area (Å²) < 4.78 is 0. The molecule has 0 aromatic heterocycles. The first kappa shape index (κ1) is 12.5. The molecule has 0 aromatic rings. The number of rotatable bonds is 5. The minimum Gasteiger partial charge on any atom is -0.393 e. The fraction of sp³-hybridized carbons (Fsp3) is 0.917. The molecule has 1 aliphatic rings. The molecule has 1 fully saturated rings. The molecule has 2 atom stereocenters. The maximum Gasteiger partial charge on any atom is 0.220 e. The zero-order chi connectivity index (χ0) is 11.3. The number of aliphatic hydroxyl groups excluding tert-OH is 1. The van der Waals surface area contributed by atoms with Gasteiger partial charge in [0.25, 0.3) is 0 Å². The van der Waals surface area contributed by atoms with Crippen molar-refractivity contribution in [3.63, 3.8) is 0 Å². The molecule has 2 N–H and O–H groups in total. The van der Waals surface area contributed by atoms with Crippen molar-refractivity contribution in [2.24, 2.45) is 5.92 Å². The molecular weight excluding hydrogens is 190 g/mol. The smallest absolute Gasteiger partial charge is 0.220 e. The van der Waals surface area contributed by atoms with E-state index in [1.54, 1.807) is 6.92 Å². The van der Waals surface area contributed by atoms with Gasteiger partial charge >= 0.3 is 0 Å². The molecule has 1 unspecified atom stereocenters. The van der Waals surface area contributed by atoms with Gasteiger partial charge in [0.1, 0.15) is 0 Å². The van der Waals surface area contributed by atoms with Crippen LogP contribution in [-0.2, 0) is 4.79 Å². The third-order valence-corrected chi connectivity index (χ3v) is 3.28. The lowest BCUT2D eigenvalue weighted by molar-refractivity contribution is -0.122. The summed E-state index contributed by atoms with van der Waals surface area (Å²) in [7, 11) is 0. The van der Waals surface area contributed by atoms with Crippen LogP contribution in [-0.4, -0.2) is 23.2 Å². The van der Waals surface area contributed by atoms with E-state index in [1.165, 1.54) is 25.7 Å². The highest BCUT2D eigenvalue weighted by atomic mass is 16.3. The van der Waals surface area contributed by atoms with Crippen LogP contribution in [0.4, 0.5) is 0 Å². The van der Waals surface area contributed by atoms with Crippen LogP contribution in [0, 0.1) is 5.92 Å². The Morgan fingerprint density at radius 3 is 2.53 bits per heavy atom. The largest absolute Gasteiger partial charge is 0.393 e. The molecule has 3 heteroatoms. The Balaban J connectivity index is 2.18. The molecule has 0 heterocycles. The van der Waals surface area contributed by atoms with Crippen molar-refractivity contribution >= 4 is 5.91 Å². The molecule has 1 aliphatic carbocycles. The summed E-state index contributed by atoms with van der Waals surface area (Å²) in [6, 6.07) is 0.300. The van der Waals surface area contributed by atoms with Gasteiger partial charge in [-0.15, -0.1) is 0 Å². The van der Waals surface area contributed by atoms with Crippen molar-refractivity contribution in [2.45, 2.75) is 64.5 Å². The first-order chi connectivity index (χ1) is 7.09. The van der Waals surface area contributed by atoms with Crippen molar-refractivity contribution in [1.29, 1.82) is 0 Å². The second-order valence-electron chi connectivity index (χ2n) is 4.79. The van der Waals surface area contributed by atoms with Gasteiger partial charge in [0.2, 0.25) is 5.91 Å². The summed E-state index contributed by atoms with van der Waals surface area (Å²) in [5.41, 5.74) is 0. The van der Waals surface area contributed by atoms with Gasteiger partial charge in [0.05, 0.1) is 6.10 Å². The Morgan fingerprint density at radius 2 is 2.00 bits per heavy atom. The maximum absolute atomic E-state index is 11.5. The highest BCUT2D eigenvalue weighted by molar-refractivity contribution is 5.76. The van der Waals surface area contributed by atoms with Crippen molar-refractivity contribution in [1.82, 2.24) is 5.32 Å². The summed E-state index contributed by atoms with van der Waals surface area (Å²) in [5.74, 6) is 0.746. The lowest BCUT2D eigenvalue weighted by Crippen LogP contribution is -2.37. The van der Waals surface area contributed by atoms with Crippen LogP contribution in [0.5, 0.6) is 0 Å². The van der Waals surface area contributed by atoms with E-state index in [0.29, 0.717) is 24.8 Å². The van der Waals surface area contributed by atoms with Gasteiger partial charge in [0, 0.05) is 12.5 Å². The monoisotopic (exact) mass is 213 g/mol. The molecule has 1 rings (SSSR count). The van der Waals surface area contributed by atoms with Gasteiger partial charge in [-0.3, -0.25) is 4.79 Å². The van der Waals surface area contributed by atoms with Gasteiger partial charge in [-0.05, 0) is 39.0 Å². The molecule has 0 bridgehead atoms. The molecular formula is C12H23NO2. The molecule has 0 saturated heterocycles. The molecule has 88 valence electrons. The number of nitrogens with one attached hydrogen (secondary N) is 1. The van der Waals surface area contributed by atoms with E-state index >= 15 is 0 Å². The quantitative estimate of drug-likeness (QED) is 0.732. The Morgan fingerprint density at radius 1 is 1.40 bits per heavy atom. The van der Waals surface area contributed by atoms with Crippen LogP contribution < -0.4 is 5.32 Å². The molecule has 0 spiro atoms. The highest BCUT2D eigenvalue weighted by Crippen LogP contribution is 2.27. The van der Waals surface area contributed by atoms with Crippen LogP contribution in [0.3, 0.4) is 0 Å². The Hall–Kier alpha value is -0.570. The fourth-order valence-corrected chi connectivity index (χ4v) is 2.24.